The second-order valence-electron chi connectivity index (χ2n) is 6.27. The van der Waals surface area contributed by atoms with E-state index >= 15 is 0 Å². The van der Waals surface area contributed by atoms with Crippen molar-refractivity contribution in [3.63, 3.8) is 0 Å². The molecule has 1 aliphatic rings. The summed E-state index contributed by atoms with van der Waals surface area (Å²) in [5.41, 5.74) is 1.93. The molecule has 0 spiro atoms. The Bertz CT molecular complexity index is 952. The third-order valence-corrected chi connectivity index (χ3v) is 5.14. The van der Waals surface area contributed by atoms with Gasteiger partial charge in [-0.1, -0.05) is 15.9 Å². The Morgan fingerprint density at radius 2 is 2.04 bits per heavy atom. The molecule has 0 bridgehead atoms. The van der Waals surface area contributed by atoms with Gasteiger partial charge in [-0.25, -0.2) is 19.2 Å². The van der Waals surface area contributed by atoms with Crippen molar-refractivity contribution in [2.24, 2.45) is 0 Å². The molecule has 1 fully saturated rings. The second-order valence-corrected chi connectivity index (χ2v) is 7.19. The number of nitrogens with zero attached hydrogens (tertiary/aromatic N) is 4. The maximum Gasteiger partial charge on any atom is 0.321 e. The van der Waals surface area contributed by atoms with E-state index < -0.39 is 5.82 Å². The van der Waals surface area contributed by atoms with Crippen molar-refractivity contribution in [3.8, 4) is 0 Å². The van der Waals surface area contributed by atoms with Crippen molar-refractivity contribution in [2.45, 2.75) is 18.9 Å². The first-order valence-electron chi connectivity index (χ1n) is 8.40. The first kappa shape index (κ1) is 17.0. The quantitative estimate of drug-likeness (QED) is 0.679. The van der Waals surface area contributed by atoms with Crippen LogP contribution in [-0.4, -0.2) is 38.6 Å². The van der Waals surface area contributed by atoms with Gasteiger partial charge in [0.25, 0.3) is 0 Å². The zero-order valence-corrected chi connectivity index (χ0v) is 15.5. The molecule has 134 valence electrons. The zero-order chi connectivity index (χ0) is 18.1. The number of carbonyl (C=O) groups excluding carboxylic acids is 1. The summed E-state index contributed by atoms with van der Waals surface area (Å²) in [6.45, 7) is 1.20. The molecular weight excluding hydrogens is 401 g/mol. The van der Waals surface area contributed by atoms with Gasteiger partial charge in [0.15, 0.2) is 5.65 Å². The summed E-state index contributed by atoms with van der Waals surface area (Å²) in [6.07, 6.45) is 5.18. The summed E-state index contributed by atoms with van der Waals surface area (Å²) < 4.78 is 16.6. The molecule has 1 N–H and O–H groups in total. The summed E-state index contributed by atoms with van der Waals surface area (Å²) in [6, 6.07) is 8.36. The molecule has 6 nitrogen and oxygen atoms in total. The Hall–Kier alpha value is -2.48. The molecule has 0 aliphatic carbocycles. The fraction of sp³-hybridized carbons (Fsp3) is 0.278. The number of piperidine rings is 1. The molecule has 0 saturated carbocycles. The highest BCUT2D eigenvalue weighted by atomic mass is 79.9. The number of urea groups is 1. The van der Waals surface area contributed by atoms with E-state index in [1.165, 1.54) is 6.07 Å². The third-order valence-electron chi connectivity index (χ3n) is 4.65. The van der Waals surface area contributed by atoms with Crippen LogP contribution in [0.5, 0.6) is 0 Å². The number of carbonyl (C=O) groups is 1. The molecule has 1 saturated heterocycles. The lowest BCUT2D eigenvalue weighted by molar-refractivity contribution is 0.184. The normalized spacial score (nSPS) is 15.4. The molecular formula is C18H17BrFN5O. The van der Waals surface area contributed by atoms with Gasteiger partial charge in [0, 0.05) is 29.8 Å². The van der Waals surface area contributed by atoms with Crippen molar-refractivity contribution in [1.82, 2.24) is 19.4 Å². The Balaban J connectivity index is 1.41. The minimum atomic E-state index is -0.460. The smallest absolute Gasteiger partial charge is 0.321 e. The van der Waals surface area contributed by atoms with Gasteiger partial charge in [0.2, 0.25) is 0 Å². The maximum atomic E-state index is 13.9. The van der Waals surface area contributed by atoms with E-state index in [0.717, 1.165) is 24.0 Å². The number of nitrogens with one attached hydrogen (secondary N) is 1. The largest absolute Gasteiger partial charge is 0.324 e. The van der Waals surface area contributed by atoms with Gasteiger partial charge < -0.3 is 14.8 Å². The van der Waals surface area contributed by atoms with Crippen LogP contribution in [0.2, 0.25) is 0 Å². The topological polar surface area (TPSA) is 63.1 Å². The summed E-state index contributed by atoms with van der Waals surface area (Å²) >= 11 is 3.21. The molecule has 2 aromatic heterocycles. The summed E-state index contributed by atoms with van der Waals surface area (Å²) in [5.74, 6) is -0.460. The first-order valence-corrected chi connectivity index (χ1v) is 9.19. The number of pyridine rings is 1. The van der Waals surface area contributed by atoms with Crippen LogP contribution in [0.25, 0.3) is 11.2 Å². The van der Waals surface area contributed by atoms with Crippen molar-refractivity contribution in [3.05, 3.63) is 53.1 Å². The average molecular weight is 418 g/mol. The first-order chi connectivity index (χ1) is 12.6. The van der Waals surface area contributed by atoms with Gasteiger partial charge in [-0.05, 0) is 43.2 Å². The van der Waals surface area contributed by atoms with Gasteiger partial charge in [0.05, 0.1) is 12.0 Å². The van der Waals surface area contributed by atoms with E-state index in [0.29, 0.717) is 17.6 Å². The van der Waals surface area contributed by atoms with Crippen molar-refractivity contribution in [1.29, 1.82) is 0 Å². The minimum Gasteiger partial charge on any atom is -0.324 e. The lowest BCUT2D eigenvalue weighted by atomic mass is 10.1. The van der Waals surface area contributed by atoms with Crippen LogP contribution in [0.4, 0.5) is 14.9 Å². The van der Waals surface area contributed by atoms with Crippen molar-refractivity contribution >= 4 is 38.8 Å². The Kier molecular flexibility index (Phi) is 4.58. The molecule has 1 aliphatic heterocycles. The predicted octanol–water partition coefficient (Wildman–Crippen LogP) is 4.20. The van der Waals surface area contributed by atoms with Crippen LogP contribution in [-0.2, 0) is 0 Å². The average Bonchev–Trinajstić information content (AvgIpc) is 3.08. The Morgan fingerprint density at radius 1 is 1.23 bits per heavy atom. The van der Waals surface area contributed by atoms with Gasteiger partial charge in [-0.2, -0.15) is 0 Å². The molecule has 0 atom stereocenters. The van der Waals surface area contributed by atoms with Gasteiger partial charge in [0.1, 0.15) is 11.3 Å². The fourth-order valence-electron chi connectivity index (χ4n) is 3.27. The highest BCUT2D eigenvalue weighted by Crippen LogP contribution is 2.26. The Labute approximate surface area is 158 Å². The van der Waals surface area contributed by atoms with E-state index in [2.05, 4.69) is 35.8 Å². The van der Waals surface area contributed by atoms with Crippen LogP contribution in [0.1, 0.15) is 18.9 Å². The number of likely N-dealkylation sites (tertiary alicyclic amines) is 1. The molecule has 8 heteroatoms. The molecule has 4 rings (SSSR count). The number of halogens is 2. The SMILES string of the molecule is O=C(Nc1ccc(Br)cc1F)N1CCC(n2cnc3cccnc32)CC1. The number of amides is 2. The predicted molar refractivity (Wildman–Crippen MR) is 100 cm³/mol. The second kappa shape index (κ2) is 7.03. The standard InChI is InChI=1S/C18H17BrFN5O/c19-12-3-4-15(14(20)10-12)23-18(26)24-8-5-13(6-9-24)25-11-22-16-2-1-7-21-17(16)25/h1-4,7,10-11,13H,5-6,8-9H2,(H,23,26). The molecule has 0 unspecified atom stereocenters. The monoisotopic (exact) mass is 417 g/mol. The molecule has 2 amide bonds. The zero-order valence-electron chi connectivity index (χ0n) is 13.9. The van der Waals surface area contributed by atoms with Crippen LogP contribution in [0, 0.1) is 5.82 Å². The third kappa shape index (κ3) is 3.29. The van der Waals surface area contributed by atoms with Gasteiger partial charge >= 0.3 is 6.03 Å². The van der Waals surface area contributed by atoms with Gasteiger partial charge in [-0.3, -0.25) is 0 Å². The summed E-state index contributed by atoms with van der Waals surface area (Å²) in [4.78, 5) is 22.9. The minimum absolute atomic E-state index is 0.185. The highest BCUT2D eigenvalue weighted by molar-refractivity contribution is 9.10. The van der Waals surface area contributed by atoms with E-state index in [1.54, 1.807) is 23.2 Å². The number of hydrogen-bond donors (Lipinski definition) is 1. The number of fused-ring (bicyclic) bond motifs is 1. The Morgan fingerprint density at radius 3 is 2.81 bits per heavy atom. The number of rotatable bonds is 2. The van der Waals surface area contributed by atoms with Gasteiger partial charge in [-0.15, -0.1) is 0 Å². The number of hydrogen-bond acceptors (Lipinski definition) is 3. The van der Waals surface area contributed by atoms with Crippen LogP contribution in [0.3, 0.4) is 0 Å². The molecule has 26 heavy (non-hydrogen) atoms. The highest BCUT2D eigenvalue weighted by Gasteiger charge is 2.25. The number of aromatic nitrogens is 3. The number of imidazole rings is 1. The van der Waals surface area contributed by atoms with Crippen molar-refractivity contribution in [2.75, 3.05) is 18.4 Å². The molecule has 0 radical (unpaired) electrons. The molecule has 1 aromatic carbocycles. The molecule has 3 aromatic rings. The van der Waals surface area contributed by atoms with Crippen LogP contribution >= 0.6 is 15.9 Å². The van der Waals surface area contributed by atoms with E-state index in [-0.39, 0.29) is 17.8 Å². The molecule has 3 heterocycles. The number of anilines is 1. The van der Waals surface area contributed by atoms with Crippen LogP contribution < -0.4 is 5.32 Å². The van der Waals surface area contributed by atoms with Crippen LogP contribution in [0.15, 0.2) is 47.3 Å². The van der Waals surface area contributed by atoms with E-state index in [1.807, 2.05) is 18.5 Å². The van der Waals surface area contributed by atoms with Crippen molar-refractivity contribution < 1.29 is 9.18 Å². The summed E-state index contributed by atoms with van der Waals surface area (Å²) in [7, 11) is 0. The van der Waals surface area contributed by atoms with E-state index in [4.69, 9.17) is 0 Å². The lowest BCUT2D eigenvalue weighted by Gasteiger charge is -2.32. The number of benzene rings is 1. The summed E-state index contributed by atoms with van der Waals surface area (Å²) in [5, 5.41) is 2.65. The lowest BCUT2D eigenvalue weighted by Crippen LogP contribution is -2.41. The fourth-order valence-corrected chi connectivity index (χ4v) is 3.60. The maximum absolute atomic E-state index is 13.9. The van der Waals surface area contributed by atoms with E-state index in [9.17, 15) is 9.18 Å².